The summed E-state index contributed by atoms with van der Waals surface area (Å²) in [5.41, 5.74) is -2.69. The second-order valence-electron chi connectivity index (χ2n) is 11.1. The molecule has 0 radical (unpaired) electrons. The third kappa shape index (κ3) is 6.38. The molecule has 230 valence electrons. The zero-order valence-electron chi connectivity index (χ0n) is 21.8. The first kappa shape index (κ1) is 31.2. The summed E-state index contributed by atoms with van der Waals surface area (Å²) in [4.78, 5) is 27.1. The van der Waals surface area contributed by atoms with E-state index in [-0.39, 0.29) is 56.4 Å². The van der Waals surface area contributed by atoms with Crippen LogP contribution >= 0.6 is 0 Å². The van der Waals surface area contributed by atoms with Crippen molar-refractivity contribution in [1.29, 1.82) is 0 Å². The van der Waals surface area contributed by atoms with Gasteiger partial charge in [-0.05, 0) is 68.3 Å². The molecule has 1 aromatic rings. The summed E-state index contributed by atoms with van der Waals surface area (Å²) in [5, 5.41) is 9.94. The number of rotatable bonds is 5. The summed E-state index contributed by atoms with van der Waals surface area (Å²) < 4.78 is 122. The number of nitrogens with zero attached hydrogens (tertiary/aromatic N) is 2. The third-order valence-electron chi connectivity index (χ3n) is 8.62. The minimum absolute atomic E-state index is 0.0291. The van der Waals surface area contributed by atoms with E-state index in [1.165, 1.54) is 6.07 Å². The van der Waals surface area contributed by atoms with Gasteiger partial charge in [-0.25, -0.2) is 4.79 Å². The predicted octanol–water partition coefficient (Wildman–Crippen LogP) is 6.66. The number of carboxylic acid groups (broad SMARTS) is 1. The van der Waals surface area contributed by atoms with Crippen molar-refractivity contribution in [1.82, 2.24) is 9.80 Å². The van der Waals surface area contributed by atoms with Crippen LogP contribution in [0.2, 0.25) is 0 Å². The van der Waals surface area contributed by atoms with Gasteiger partial charge in [-0.3, -0.25) is 9.69 Å². The molecule has 41 heavy (non-hydrogen) atoms. The minimum atomic E-state index is -5.84. The fraction of sp³-hybridized carbons (Fsp3) is 0.692. The molecular formula is C26H29F9N2O4. The topological polar surface area (TPSA) is 70.1 Å². The molecule has 15 heteroatoms. The number of piperidine rings is 1. The van der Waals surface area contributed by atoms with Crippen molar-refractivity contribution in [2.45, 2.75) is 93.5 Å². The maximum Gasteiger partial charge on any atom is 0.434 e. The highest BCUT2D eigenvalue weighted by Crippen LogP contribution is 2.45. The molecule has 1 spiro atoms. The maximum atomic E-state index is 13.8. The van der Waals surface area contributed by atoms with Crippen molar-refractivity contribution >= 4 is 12.1 Å². The molecule has 0 bridgehead atoms. The van der Waals surface area contributed by atoms with E-state index in [9.17, 15) is 54.2 Å². The standard InChI is InChI=1S/C26H29F9N2O4/c27-24(28,29)18-13-16(12-17(14-18)23(20(38)39)5-1-2-6-23)15-37-9-3-4-22(37)7-10-36(11-8-22)21(40)41-19(25(30,31)32)26(33,34)35/h12-14,19H,1-11,15H2,(H,38,39). The first-order valence-electron chi connectivity index (χ1n) is 13.2. The molecule has 0 aromatic heterocycles. The highest BCUT2D eigenvalue weighted by atomic mass is 19.4. The Morgan fingerprint density at radius 2 is 1.41 bits per heavy atom. The van der Waals surface area contributed by atoms with Crippen LogP contribution < -0.4 is 0 Å². The van der Waals surface area contributed by atoms with Crippen LogP contribution in [0.25, 0.3) is 0 Å². The molecule has 3 aliphatic rings. The Morgan fingerprint density at radius 3 is 1.93 bits per heavy atom. The van der Waals surface area contributed by atoms with E-state index >= 15 is 0 Å². The average Bonchev–Trinajstić information content (AvgIpc) is 3.50. The van der Waals surface area contributed by atoms with Gasteiger partial charge in [0.2, 0.25) is 0 Å². The fourth-order valence-corrected chi connectivity index (χ4v) is 6.46. The smallest absolute Gasteiger partial charge is 0.434 e. The Kier molecular flexibility index (Phi) is 8.26. The van der Waals surface area contributed by atoms with Crippen LogP contribution in [0.3, 0.4) is 0 Å². The molecule has 1 aliphatic carbocycles. The number of carbonyl (C=O) groups excluding carboxylic acids is 1. The number of aliphatic carboxylic acids is 1. The number of likely N-dealkylation sites (tertiary alicyclic amines) is 2. The molecule has 2 aliphatic heterocycles. The van der Waals surface area contributed by atoms with Crippen molar-refractivity contribution < 1.29 is 58.9 Å². The molecule has 1 amide bonds. The van der Waals surface area contributed by atoms with Gasteiger partial charge in [0.25, 0.3) is 6.10 Å². The van der Waals surface area contributed by atoms with Crippen molar-refractivity contribution in [2.75, 3.05) is 19.6 Å². The van der Waals surface area contributed by atoms with Crippen LogP contribution in [0.1, 0.15) is 68.1 Å². The average molecular weight is 605 g/mol. The molecule has 2 saturated heterocycles. The van der Waals surface area contributed by atoms with Crippen molar-refractivity contribution in [3.05, 3.63) is 34.9 Å². The third-order valence-corrected chi connectivity index (χ3v) is 8.62. The number of hydrogen-bond acceptors (Lipinski definition) is 4. The van der Waals surface area contributed by atoms with E-state index in [2.05, 4.69) is 4.74 Å². The van der Waals surface area contributed by atoms with Crippen LogP contribution in [-0.4, -0.2) is 70.6 Å². The van der Waals surface area contributed by atoms with Gasteiger partial charge in [0, 0.05) is 25.2 Å². The molecule has 0 unspecified atom stereocenters. The molecule has 1 N–H and O–H groups in total. The summed E-state index contributed by atoms with van der Waals surface area (Å²) in [7, 11) is 0. The predicted molar refractivity (Wildman–Crippen MR) is 125 cm³/mol. The number of hydrogen-bond donors (Lipinski definition) is 1. The Morgan fingerprint density at radius 1 is 0.829 bits per heavy atom. The maximum absolute atomic E-state index is 13.8. The Bertz CT molecular complexity index is 1120. The fourth-order valence-electron chi connectivity index (χ4n) is 6.46. The lowest BCUT2D eigenvalue weighted by molar-refractivity contribution is -0.308. The van der Waals surface area contributed by atoms with E-state index in [4.69, 9.17) is 0 Å². The summed E-state index contributed by atoms with van der Waals surface area (Å²) in [5.74, 6) is -1.18. The molecule has 3 fully saturated rings. The number of ether oxygens (including phenoxy) is 1. The molecular weight excluding hydrogens is 575 g/mol. The summed E-state index contributed by atoms with van der Waals surface area (Å²) in [6.45, 7) is 0.0904. The van der Waals surface area contributed by atoms with E-state index in [0.717, 1.165) is 17.0 Å². The van der Waals surface area contributed by atoms with E-state index in [0.29, 0.717) is 32.2 Å². The number of carbonyl (C=O) groups is 2. The summed E-state index contributed by atoms with van der Waals surface area (Å²) in [6.07, 6.45) is -19.3. The molecule has 1 aromatic carbocycles. The lowest BCUT2D eigenvalue weighted by Gasteiger charge is -2.45. The van der Waals surface area contributed by atoms with Crippen molar-refractivity contribution in [3.8, 4) is 0 Å². The molecule has 1 saturated carbocycles. The Hall–Kier alpha value is -2.71. The zero-order chi connectivity index (χ0) is 30.4. The van der Waals surface area contributed by atoms with E-state index < -0.39 is 53.2 Å². The summed E-state index contributed by atoms with van der Waals surface area (Å²) in [6, 6.07) is 3.35. The second-order valence-corrected chi connectivity index (χ2v) is 11.1. The number of carboxylic acids is 1. The number of halogens is 9. The van der Waals surface area contributed by atoms with Crippen LogP contribution in [-0.2, 0) is 27.7 Å². The van der Waals surface area contributed by atoms with Gasteiger partial charge in [-0.15, -0.1) is 0 Å². The largest absolute Gasteiger partial charge is 0.481 e. The van der Waals surface area contributed by atoms with Gasteiger partial charge in [0.1, 0.15) is 0 Å². The van der Waals surface area contributed by atoms with Gasteiger partial charge in [-0.2, -0.15) is 39.5 Å². The first-order valence-corrected chi connectivity index (χ1v) is 13.2. The van der Waals surface area contributed by atoms with Crippen molar-refractivity contribution in [3.63, 3.8) is 0 Å². The molecule has 6 nitrogen and oxygen atoms in total. The molecule has 4 rings (SSSR count). The minimum Gasteiger partial charge on any atom is -0.481 e. The van der Waals surface area contributed by atoms with Crippen LogP contribution in [0.5, 0.6) is 0 Å². The van der Waals surface area contributed by atoms with Crippen LogP contribution in [0, 0.1) is 0 Å². The summed E-state index contributed by atoms with van der Waals surface area (Å²) >= 11 is 0. The Balaban J connectivity index is 1.52. The second kappa shape index (κ2) is 10.8. The van der Waals surface area contributed by atoms with E-state index in [1.807, 2.05) is 4.90 Å². The van der Waals surface area contributed by atoms with Gasteiger partial charge in [-0.1, -0.05) is 18.9 Å². The van der Waals surface area contributed by atoms with Gasteiger partial charge in [0.15, 0.2) is 0 Å². The van der Waals surface area contributed by atoms with E-state index in [1.54, 1.807) is 0 Å². The van der Waals surface area contributed by atoms with Gasteiger partial charge >= 0.3 is 30.6 Å². The lowest BCUT2D eigenvalue weighted by atomic mass is 9.77. The lowest BCUT2D eigenvalue weighted by Crippen LogP contribution is -2.54. The number of alkyl halides is 9. The van der Waals surface area contributed by atoms with Gasteiger partial charge in [0.05, 0.1) is 11.0 Å². The zero-order valence-corrected chi connectivity index (χ0v) is 21.8. The highest BCUT2D eigenvalue weighted by Gasteiger charge is 2.60. The number of amides is 1. The SMILES string of the molecule is O=C(OC(C(F)(F)F)C(F)(F)F)N1CCC2(CCCN2Cc2cc(C(F)(F)F)cc(C3(C(=O)O)CCCC3)c2)CC1. The highest BCUT2D eigenvalue weighted by molar-refractivity contribution is 5.82. The van der Waals surface area contributed by atoms with Crippen LogP contribution in [0.4, 0.5) is 44.3 Å². The normalized spacial score (nSPS) is 21.6. The first-order chi connectivity index (χ1) is 18.9. The van der Waals surface area contributed by atoms with Crippen molar-refractivity contribution in [2.24, 2.45) is 0 Å². The molecule has 0 atom stereocenters. The van der Waals surface area contributed by atoms with Gasteiger partial charge < -0.3 is 14.7 Å². The molecule has 2 heterocycles. The Labute approximate surface area is 229 Å². The monoisotopic (exact) mass is 604 g/mol. The quantitative estimate of drug-likeness (QED) is 0.381. The van der Waals surface area contributed by atoms with Crippen LogP contribution in [0.15, 0.2) is 18.2 Å². The number of benzene rings is 1.